The maximum absolute atomic E-state index is 13.3. The molecule has 0 saturated carbocycles. The number of halogens is 1. The van der Waals surface area contributed by atoms with Crippen molar-refractivity contribution in [2.45, 2.75) is 5.60 Å². The number of nitrogens with one attached hydrogen (secondary N) is 1. The summed E-state index contributed by atoms with van der Waals surface area (Å²) >= 11 is 6.42. The molecule has 0 amide bonds. The zero-order chi connectivity index (χ0) is 21.9. The average Bonchev–Trinajstić information content (AvgIpc) is 3.12. The molecule has 0 bridgehead atoms. The molecule has 1 spiro atoms. The van der Waals surface area contributed by atoms with Gasteiger partial charge in [-0.15, -0.1) is 0 Å². The lowest BCUT2D eigenvalue weighted by molar-refractivity contribution is 0.0226. The van der Waals surface area contributed by atoms with E-state index in [0.29, 0.717) is 44.7 Å². The Kier molecular flexibility index (Phi) is 3.97. The van der Waals surface area contributed by atoms with Crippen LogP contribution in [-0.2, 0) is 10.3 Å². The van der Waals surface area contributed by atoms with E-state index < -0.39 is 11.6 Å². The van der Waals surface area contributed by atoms with Crippen LogP contribution in [0.5, 0.6) is 11.5 Å². The zero-order valence-corrected chi connectivity index (χ0v) is 17.5. The Morgan fingerprint density at radius 1 is 0.781 bits per heavy atom. The fraction of sp³-hybridized carbons (Fsp3) is 0.0385. The number of benzene rings is 4. The summed E-state index contributed by atoms with van der Waals surface area (Å²) in [6, 6.07) is 26.1. The van der Waals surface area contributed by atoms with Crippen molar-refractivity contribution in [1.82, 2.24) is 0 Å². The highest BCUT2D eigenvalue weighted by Crippen LogP contribution is 2.58. The summed E-state index contributed by atoms with van der Waals surface area (Å²) in [6.45, 7) is 0. The van der Waals surface area contributed by atoms with Crippen LogP contribution in [0, 0.1) is 0 Å². The van der Waals surface area contributed by atoms with Crippen LogP contribution in [-0.4, -0.2) is 5.97 Å². The SMILES string of the molecule is Nc1ccc(Nc2ccccc2Cl)c2c1C(=O)OC21c2ccccc2Oc2ccccc21. The number of anilines is 3. The summed E-state index contributed by atoms with van der Waals surface area (Å²) in [4.78, 5) is 13.3. The van der Waals surface area contributed by atoms with Crippen LogP contribution >= 0.6 is 11.6 Å². The van der Waals surface area contributed by atoms with E-state index in [0.717, 1.165) is 11.1 Å². The first-order valence-electron chi connectivity index (χ1n) is 10.1. The molecule has 6 rings (SSSR count). The van der Waals surface area contributed by atoms with E-state index in [1.165, 1.54) is 0 Å². The monoisotopic (exact) mass is 440 g/mol. The van der Waals surface area contributed by atoms with Crippen LogP contribution in [0.3, 0.4) is 0 Å². The van der Waals surface area contributed by atoms with Crippen LogP contribution in [0.1, 0.15) is 27.0 Å². The quantitative estimate of drug-likeness (QED) is 0.285. The lowest BCUT2D eigenvalue weighted by Gasteiger charge is -2.37. The molecule has 3 N–H and O–H groups in total. The summed E-state index contributed by atoms with van der Waals surface area (Å²) in [5, 5.41) is 3.95. The fourth-order valence-corrected chi connectivity index (χ4v) is 4.78. The highest BCUT2D eigenvalue weighted by atomic mass is 35.5. The maximum Gasteiger partial charge on any atom is 0.342 e. The van der Waals surface area contributed by atoms with Gasteiger partial charge in [0.05, 0.1) is 16.3 Å². The summed E-state index contributed by atoms with van der Waals surface area (Å²) in [7, 11) is 0. The third-order valence-corrected chi connectivity index (χ3v) is 6.26. The number of para-hydroxylation sites is 3. The molecular weight excluding hydrogens is 424 g/mol. The van der Waals surface area contributed by atoms with Gasteiger partial charge in [-0.05, 0) is 36.4 Å². The van der Waals surface area contributed by atoms with Crippen molar-refractivity contribution in [2.24, 2.45) is 0 Å². The number of fused-ring (bicyclic) bond motifs is 6. The lowest BCUT2D eigenvalue weighted by atomic mass is 9.76. The molecule has 0 aliphatic carbocycles. The van der Waals surface area contributed by atoms with E-state index >= 15 is 0 Å². The average molecular weight is 441 g/mol. The van der Waals surface area contributed by atoms with Crippen LogP contribution in [0.4, 0.5) is 17.1 Å². The van der Waals surface area contributed by atoms with Gasteiger partial charge < -0.3 is 20.5 Å². The van der Waals surface area contributed by atoms with Crippen LogP contribution in [0.2, 0.25) is 5.02 Å². The molecule has 4 aromatic rings. The number of carbonyl (C=O) groups is 1. The number of carbonyl (C=O) groups excluding carboxylic acids is 1. The van der Waals surface area contributed by atoms with E-state index in [4.69, 9.17) is 26.8 Å². The van der Waals surface area contributed by atoms with Gasteiger partial charge in [0.1, 0.15) is 11.5 Å². The van der Waals surface area contributed by atoms with Crippen molar-refractivity contribution in [3.05, 3.63) is 112 Å². The molecule has 0 fully saturated rings. The van der Waals surface area contributed by atoms with Gasteiger partial charge in [0, 0.05) is 28.1 Å². The standard InChI is InChI=1S/C26H17ClN2O3/c27-17-9-3-4-10-19(17)29-20-14-13-18(28)23-24(20)26(32-25(23)30)15-7-1-5-11-21(15)31-22-12-6-2-8-16(22)26/h1-14,29H,28H2. The molecular formula is C26H17ClN2O3. The number of hydrogen-bond donors (Lipinski definition) is 2. The van der Waals surface area contributed by atoms with Crippen molar-refractivity contribution in [3.8, 4) is 11.5 Å². The Balaban J connectivity index is 1.69. The van der Waals surface area contributed by atoms with E-state index in [-0.39, 0.29) is 0 Å². The second kappa shape index (κ2) is 6.77. The van der Waals surface area contributed by atoms with Gasteiger partial charge in [0.25, 0.3) is 0 Å². The van der Waals surface area contributed by atoms with Crippen LogP contribution in [0.15, 0.2) is 84.9 Å². The number of nitrogens with two attached hydrogens (primary N) is 1. The minimum atomic E-state index is -1.21. The van der Waals surface area contributed by atoms with Gasteiger partial charge in [-0.25, -0.2) is 4.79 Å². The number of esters is 1. The molecule has 2 aliphatic heterocycles. The third kappa shape index (κ3) is 2.49. The van der Waals surface area contributed by atoms with Crippen LogP contribution in [0.25, 0.3) is 0 Å². The molecule has 4 aromatic carbocycles. The molecule has 156 valence electrons. The van der Waals surface area contributed by atoms with Crippen molar-refractivity contribution in [2.75, 3.05) is 11.1 Å². The number of rotatable bonds is 2. The molecule has 2 heterocycles. The maximum atomic E-state index is 13.3. The van der Waals surface area contributed by atoms with Crippen molar-refractivity contribution in [3.63, 3.8) is 0 Å². The van der Waals surface area contributed by atoms with Gasteiger partial charge in [0.2, 0.25) is 0 Å². The normalized spacial score (nSPS) is 14.7. The Labute approximate surface area is 189 Å². The number of hydrogen-bond acceptors (Lipinski definition) is 5. The van der Waals surface area contributed by atoms with E-state index in [1.54, 1.807) is 12.1 Å². The summed E-state index contributed by atoms with van der Waals surface area (Å²) in [5.74, 6) is 0.766. The molecule has 0 unspecified atom stereocenters. The minimum absolute atomic E-state index is 0.341. The largest absolute Gasteiger partial charge is 0.456 e. The number of nitrogen functional groups attached to an aromatic ring is 1. The van der Waals surface area contributed by atoms with E-state index in [9.17, 15) is 4.79 Å². The Hall–Kier alpha value is -3.96. The molecule has 5 nitrogen and oxygen atoms in total. The molecule has 0 aromatic heterocycles. The van der Waals surface area contributed by atoms with Crippen molar-refractivity contribution in [1.29, 1.82) is 0 Å². The van der Waals surface area contributed by atoms with Crippen molar-refractivity contribution >= 4 is 34.6 Å². The highest BCUT2D eigenvalue weighted by molar-refractivity contribution is 6.33. The summed E-state index contributed by atoms with van der Waals surface area (Å²) in [5.41, 5.74) is 9.29. The van der Waals surface area contributed by atoms with Gasteiger partial charge in [-0.2, -0.15) is 0 Å². The molecule has 0 atom stereocenters. The second-order valence-electron chi connectivity index (χ2n) is 7.72. The summed E-state index contributed by atoms with van der Waals surface area (Å²) < 4.78 is 12.4. The molecule has 32 heavy (non-hydrogen) atoms. The third-order valence-electron chi connectivity index (χ3n) is 5.94. The van der Waals surface area contributed by atoms with E-state index in [2.05, 4.69) is 5.32 Å². The first-order valence-corrected chi connectivity index (χ1v) is 10.5. The Bertz CT molecular complexity index is 1370. The zero-order valence-electron chi connectivity index (χ0n) is 16.8. The van der Waals surface area contributed by atoms with Gasteiger partial charge >= 0.3 is 5.97 Å². The molecule has 0 radical (unpaired) electrons. The van der Waals surface area contributed by atoms with E-state index in [1.807, 2.05) is 72.8 Å². The van der Waals surface area contributed by atoms with Crippen molar-refractivity contribution < 1.29 is 14.3 Å². The Morgan fingerprint density at radius 3 is 2.09 bits per heavy atom. The van der Waals surface area contributed by atoms with Gasteiger partial charge in [-0.3, -0.25) is 0 Å². The summed E-state index contributed by atoms with van der Waals surface area (Å²) in [6.07, 6.45) is 0. The fourth-order valence-electron chi connectivity index (χ4n) is 4.59. The lowest BCUT2D eigenvalue weighted by Crippen LogP contribution is -2.33. The minimum Gasteiger partial charge on any atom is -0.456 e. The van der Waals surface area contributed by atoms with Gasteiger partial charge in [-0.1, -0.05) is 60.1 Å². The first kappa shape index (κ1) is 18.8. The molecule has 6 heteroatoms. The van der Waals surface area contributed by atoms with Gasteiger partial charge in [0.15, 0.2) is 5.60 Å². The second-order valence-corrected chi connectivity index (χ2v) is 8.13. The highest BCUT2D eigenvalue weighted by Gasteiger charge is 2.55. The number of ether oxygens (including phenoxy) is 2. The molecule has 0 saturated heterocycles. The topological polar surface area (TPSA) is 73.6 Å². The molecule has 2 aliphatic rings. The van der Waals surface area contributed by atoms with Crippen LogP contribution < -0.4 is 15.8 Å². The first-order chi connectivity index (χ1) is 15.6. The predicted octanol–water partition coefficient (Wildman–Crippen LogP) is 6.23. The smallest absolute Gasteiger partial charge is 0.342 e. The Morgan fingerprint density at radius 2 is 1.41 bits per heavy atom. The predicted molar refractivity (Wildman–Crippen MR) is 124 cm³/mol.